The Morgan fingerprint density at radius 1 is 1.07 bits per heavy atom. The number of benzene rings is 2. The van der Waals surface area contributed by atoms with Crippen molar-refractivity contribution in [2.24, 2.45) is 5.92 Å². The summed E-state index contributed by atoms with van der Waals surface area (Å²) in [5.41, 5.74) is 1.13. The van der Waals surface area contributed by atoms with Gasteiger partial charge in [0.15, 0.2) is 5.82 Å². The number of H-pyrrole nitrogens is 1. The Morgan fingerprint density at radius 2 is 1.80 bits per heavy atom. The second kappa shape index (κ2) is 14.4. The van der Waals surface area contributed by atoms with Crippen molar-refractivity contribution in [3.8, 4) is 11.5 Å². The number of nitrogens with one attached hydrogen (secondary N) is 1. The number of nitrogens with zero attached hydrogens (tertiary/aromatic N) is 5. The molecule has 0 spiro atoms. The van der Waals surface area contributed by atoms with Gasteiger partial charge in [-0.2, -0.15) is 18.4 Å². The molecule has 2 aromatic carbocycles. The molecule has 2 aliphatic heterocycles. The van der Waals surface area contributed by atoms with Gasteiger partial charge in [0.2, 0.25) is 5.91 Å². The van der Waals surface area contributed by atoms with Gasteiger partial charge in [-0.15, -0.1) is 10.2 Å². The number of halogens is 3. The van der Waals surface area contributed by atoms with Crippen LogP contribution >= 0.6 is 0 Å². The van der Waals surface area contributed by atoms with Crippen LogP contribution in [0.15, 0.2) is 42.5 Å². The minimum absolute atomic E-state index is 0.0144. The Labute approximate surface area is 268 Å². The number of aryl methyl sites for hydroxylation is 1. The largest absolute Gasteiger partial charge is 0.497 e. The highest BCUT2D eigenvalue weighted by Gasteiger charge is 2.45. The smallest absolute Gasteiger partial charge is 0.416 e. The summed E-state index contributed by atoms with van der Waals surface area (Å²) in [6.07, 6.45) is -0.0243. The summed E-state index contributed by atoms with van der Waals surface area (Å²) in [6.45, 7) is 9.53. The van der Waals surface area contributed by atoms with Gasteiger partial charge in [-0.05, 0) is 80.8 Å². The monoisotopic (exact) mass is 642 g/mol. The number of carbonyl (C=O) groups excluding carboxylic acids is 1. The Bertz CT molecular complexity index is 1420. The van der Waals surface area contributed by atoms with Crippen LogP contribution in [-0.2, 0) is 17.4 Å². The molecular formula is C34H45F3N6O3. The van der Waals surface area contributed by atoms with Crippen LogP contribution in [-0.4, -0.2) is 81.8 Å². The third kappa shape index (κ3) is 7.82. The predicted molar refractivity (Wildman–Crippen MR) is 168 cm³/mol. The van der Waals surface area contributed by atoms with Gasteiger partial charge in [-0.1, -0.05) is 36.8 Å². The Kier molecular flexibility index (Phi) is 10.5. The third-order valence-electron chi connectivity index (χ3n) is 9.68. The zero-order valence-corrected chi connectivity index (χ0v) is 27.1. The molecule has 9 nitrogen and oxygen atoms in total. The lowest BCUT2D eigenvalue weighted by Crippen LogP contribution is -2.45. The minimum atomic E-state index is -4.47. The zero-order chi connectivity index (χ0) is 32.9. The lowest BCUT2D eigenvalue weighted by molar-refractivity contribution is -0.138. The molecule has 250 valence electrons. The number of aromatic nitrogens is 4. The molecular weight excluding hydrogens is 597 g/mol. The molecule has 0 saturated carbocycles. The van der Waals surface area contributed by atoms with E-state index in [0.717, 1.165) is 48.4 Å². The molecule has 3 heterocycles. The maximum Gasteiger partial charge on any atom is 0.416 e. The molecule has 0 unspecified atom stereocenters. The fraction of sp³-hybridized carbons (Fsp3) is 0.588. The topological polar surface area (TPSA) is 96.5 Å². The van der Waals surface area contributed by atoms with E-state index in [9.17, 15) is 18.0 Å². The molecule has 1 amide bonds. The number of hydrogen-bond acceptors (Lipinski definition) is 7. The highest BCUT2D eigenvalue weighted by molar-refractivity contribution is 5.81. The number of methoxy groups -OCH3 is 1. The number of hydrogen-bond donors (Lipinski definition) is 1. The fourth-order valence-electron chi connectivity index (χ4n) is 7.03. The number of amides is 1. The molecule has 2 fully saturated rings. The van der Waals surface area contributed by atoms with Gasteiger partial charge in [0.05, 0.1) is 25.2 Å². The van der Waals surface area contributed by atoms with E-state index < -0.39 is 11.7 Å². The van der Waals surface area contributed by atoms with E-state index in [1.807, 2.05) is 17.0 Å². The summed E-state index contributed by atoms with van der Waals surface area (Å²) >= 11 is 0. The summed E-state index contributed by atoms with van der Waals surface area (Å²) in [5.74, 6) is 1.59. The zero-order valence-electron chi connectivity index (χ0n) is 27.1. The van der Waals surface area contributed by atoms with E-state index in [1.165, 1.54) is 0 Å². The van der Waals surface area contributed by atoms with Gasteiger partial charge < -0.3 is 14.4 Å². The molecule has 1 aromatic heterocycles. The molecule has 0 radical (unpaired) electrons. The highest BCUT2D eigenvalue weighted by Crippen LogP contribution is 2.42. The first-order valence-electron chi connectivity index (χ1n) is 16.2. The molecule has 0 aliphatic carbocycles. The number of tetrazole rings is 1. The summed E-state index contributed by atoms with van der Waals surface area (Å²) in [5, 5.41) is 13.7. The maximum atomic E-state index is 14.2. The number of rotatable bonds is 12. The summed E-state index contributed by atoms with van der Waals surface area (Å²) < 4.78 is 52.1. The molecule has 46 heavy (non-hydrogen) atoms. The van der Waals surface area contributed by atoms with Gasteiger partial charge in [0.1, 0.15) is 11.5 Å². The van der Waals surface area contributed by atoms with Gasteiger partial charge in [-0.3, -0.25) is 9.69 Å². The van der Waals surface area contributed by atoms with Crippen molar-refractivity contribution < 1.29 is 27.4 Å². The first kappa shape index (κ1) is 33.7. The molecule has 5 rings (SSSR count). The summed E-state index contributed by atoms with van der Waals surface area (Å²) in [6, 6.07) is 11.8. The maximum absolute atomic E-state index is 14.2. The van der Waals surface area contributed by atoms with Gasteiger partial charge in [0.25, 0.3) is 0 Å². The molecule has 3 aromatic rings. The van der Waals surface area contributed by atoms with Crippen LogP contribution in [0.2, 0.25) is 0 Å². The van der Waals surface area contributed by atoms with Crippen molar-refractivity contribution >= 4 is 5.91 Å². The number of ether oxygens (including phenoxy) is 2. The summed E-state index contributed by atoms with van der Waals surface area (Å²) in [4.78, 5) is 18.6. The Morgan fingerprint density at radius 3 is 2.43 bits per heavy atom. The fourth-order valence-corrected chi connectivity index (χ4v) is 7.03. The van der Waals surface area contributed by atoms with Crippen LogP contribution < -0.4 is 9.47 Å². The standard InChI is InChI=1S/C34H45F3N6O3/c1-5-16-33(2,3)43-21-28(23-8-11-26(45-4)12-9-23)29(22-43)32(44)42-17-14-24(15-18-42)27-13-10-25(34(35,36)37)20-30(27)46-19-6-7-31-38-40-41-39-31/h8-13,20,24,28-29H,5-7,14-19,21-22H2,1-4H3,(H,38,39,40,41)/t28-,29+/m0/s1. The minimum Gasteiger partial charge on any atom is -0.497 e. The molecule has 1 N–H and O–H groups in total. The Balaban J connectivity index is 1.28. The van der Waals surface area contributed by atoms with Gasteiger partial charge >= 0.3 is 6.18 Å². The van der Waals surface area contributed by atoms with Crippen molar-refractivity contribution in [2.75, 3.05) is 39.9 Å². The molecule has 2 atom stereocenters. The normalized spacial score (nSPS) is 19.8. The van der Waals surface area contributed by atoms with Crippen LogP contribution in [0.4, 0.5) is 13.2 Å². The average molecular weight is 643 g/mol. The van der Waals surface area contributed by atoms with Crippen molar-refractivity contribution in [1.29, 1.82) is 0 Å². The van der Waals surface area contributed by atoms with Crippen LogP contribution in [0.1, 0.15) is 87.2 Å². The van der Waals surface area contributed by atoms with Crippen LogP contribution in [0.3, 0.4) is 0 Å². The average Bonchev–Trinajstić information content (AvgIpc) is 3.74. The van der Waals surface area contributed by atoms with E-state index in [2.05, 4.69) is 58.4 Å². The van der Waals surface area contributed by atoms with E-state index in [4.69, 9.17) is 9.47 Å². The van der Waals surface area contributed by atoms with E-state index >= 15 is 0 Å². The van der Waals surface area contributed by atoms with E-state index in [0.29, 0.717) is 51.1 Å². The molecule has 2 saturated heterocycles. The number of piperidine rings is 1. The number of alkyl halides is 3. The van der Waals surface area contributed by atoms with Crippen LogP contribution in [0.25, 0.3) is 0 Å². The lowest BCUT2D eigenvalue weighted by Gasteiger charge is -2.36. The SMILES string of the molecule is CCCC(C)(C)N1C[C@@H](C(=O)N2CCC(c3ccc(C(F)(F)F)cc3OCCCc3nn[nH]n3)CC2)[C@H](c2ccc(OC)cc2)C1. The first-order valence-corrected chi connectivity index (χ1v) is 16.2. The van der Waals surface area contributed by atoms with Crippen molar-refractivity contribution in [1.82, 2.24) is 30.4 Å². The predicted octanol–water partition coefficient (Wildman–Crippen LogP) is 6.24. The van der Waals surface area contributed by atoms with E-state index in [1.54, 1.807) is 13.2 Å². The lowest BCUT2D eigenvalue weighted by atomic mass is 9.85. The highest BCUT2D eigenvalue weighted by atomic mass is 19.4. The number of aromatic amines is 1. The Hall–Kier alpha value is -3.67. The quantitative estimate of drug-likeness (QED) is 0.234. The number of carbonyl (C=O) groups is 1. The second-order valence-electron chi connectivity index (χ2n) is 13.1. The van der Waals surface area contributed by atoms with Crippen LogP contribution in [0.5, 0.6) is 11.5 Å². The van der Waals surface area contributed by atoms with Crippen molar-refractivity contribution in [2.45, 2.75) is 82.8 Å². The third-order valence-corrected chi connectivity index (χ3v) is 9.68. The molecule has 0 bridgehead atoms. The molecule has 12 heteroatoms. The summed E-state index contributed by atoms with van der Waals surface area (Å²) in [7, 11) is 1.65. The van der Waals surface area contributed by atoms with Gasteiger partial charge in [0, 0.05) is 44.1 Å². The van der Waals surface area contributed by atoms with Gasteiger partial charge in [-0.25, -0.2) is 0 Å². The van der Waals surface area contributed by atoms with Crippen molar-refractivity contribution in [3.05, 3.63) is 65.0 Å². The second-order valence-corrected chi connectivity index (χ2v) is 13.1. The van der Waals surface area contributed by atoms with Crippen LogP contribution in [0, 0.1) is 5.92 Å². The molecule has 2 aliphatic rings. The van der Waals surface area contributed by atoms with E-state index in [-0.39, 0.29) is 41.6 Å². The first-order chi connectivity index (χ1) is 22.0. The number of likely N-dealkylation sites (tertiary alicyclic amines) is 2. The van der Waals surface area contributed by atoms with Crippen molar-refractivity contribution in [3.63, 3.8) is 0 Å².